The number of fused-ring (bicyclic) bond motifs is 3. The van der Waals surface area contributed by atoms with Crippen LogP contribution in [0.5, 0.6) is 0 Å². The minimum absolute atomic E-state index is 0.00159. The Kier molecular flexibility index (Phi) is 6.51. The number of rotatable bonds is 4. The van der Waals surface area contributed by atoms with E-state index in [1.165, 1.54) is 11.1 Å². The van der Waals surface area contributed by atoms with Gasteiger partial charge in [-0.15, -0.1) is 10.2 Å². The number of aromatic nitrogens is 5. The Balaban J connectivity index is 1.23. The van der Waals surface area contributed by atoms with Crippen LogP contribution in [0.3, 0.4) is 0 Å². The highest BCUT2D eigenvalue weighted by molar-refractivity contribution is 6.30. The summed E-state index contributed by atoms with van der Waals surface area (Å²) in [6, 6.07) is 5.73. The average Bonchev–Trinajstić information content (AvgIpc) is 3.18. The maximum atomic E-state index is 13.6. The van der Waals surface area contributed by atoms with Gasteiger partial charge in [-0.1, -0.05) is 11.6 Å². The third-order valence-electron chi connectivity index (χ3n) is 7.66. The molecule has 5 heterocycles. The Labute approximate surface area is 222 Å². The first kappa shape index (κ1) is 25.4. The molecule has 0 aliphatic carbocycles. The summed E-state index contributed by atoms with van der Waals surface area (Å²) in [5.41, 5.74) is 2.28. The van der Waals surface area contributed by atoms with Crippen molar-refractivity contribution in [1.82, 2.24) is 34.5 Å². The molecular formula is C25H27ClF4N8. The summed E-state index contributed by atoms with van der Waals surface area (Å²) in [5, 5.41) is 9.76. The Morgan fingerprint density at radius 3 is 2.55 bits per heavy atom. The molecule has 2 aromatic heterocycles. The predicted octanol–water partition coefficient (Wildman–Crippen LogP) is 4.10. The number of hydrogen-bond donors (Lipinski definition) is 0. The Morgan fingerprint density at radius 2 is 1.84 bits per heavy atom. The molecule has 0 amide bonds. The molecule has 2 fully saturated rings. The van der Waals surface area contributed by atoms with Gasteiger partial charge < -0.3 is 4.90 Å². The topological polar surface area (TPSA) is 66.2 Å². The number of alkyl halides is 3. The second-order valence-corrected chi connectivity index (χ2v) is 10.8. The number of piperidine rings is 1. The largest absolute Gasteiger partial charge is 0.401 e. The van der Waals surface area contributed by atoms with Crippen LogP contribution in [-0.4, -0.2) is 79.5 Å². The van der Waals surface area contributed by atoms with Gasteiger partial charge in [0, 0.05) is 49.7 Å². The Bertz CT molecular complexity index is 1330. The standard InChI is InChI=1S/C25H27ClF4N8/c1-15-20(27)9-31-24(32-15)36-6-4-16(5-7-36)23-34-33-22-13-37(19-11-35(12-19)14-25(28,29)30)10-17-8-18(26)2-3-21(17)38(22)23/h2-3,8-9,16,19H,4-7,10-14H2,1H3. The van der Waals surface area contributed by atoms with Crippen molar-refractivity contribution in [2.45, 2.75) is 51.0 Å². The van der Waals surface area contributed by atoms with Gasteiger partial charge in [-0.2, -0.15) is 13.2 Å². The molecule has 8 nitrogen and oxygen atoms in total. The van der Waals surface area contributed by atoms with Crippen molar-refractivity contribution in [3.63, 3.8) is 0 Å². The minimum Gasteiger partial charge on any atom is -0.341 e. The van der Waals surface area contributed by atoms with Gasteiger partial charge in [0.25, 0.3) is 0 Å². The monoisotopic (exact) mass is 550 g/mol. The number of halogens is 5. The van der Waals surface area contributed by atoms with Crippen LogP contribution in [0.15, 0.2) is 24.4 Å². The van der Waals surface area contributed by atoms with E-state index in [4.69, 9.17) is 11.6 Å². The number of likely N-dealkylation sites (tertiary alicyclic amines) is 1. The molecule has 0 spiro atoms. The van der Waals surface area contributed by atoms with E-state index < -0.39 is 18.5 Å². The molecule has 13 heteroatoms. The Hall–Kier alpha value is -2.83. The number of benzene rings is 1. The number of nitrogens with zero attached hydrogens (tertiary/aromatic N) is 8. The average molecular weight is 551 g/mol. The van der Waals surface area contributed by atoms with E-state index in [9.17, 15) is 17.6 Å². The molecule has 0 bridgehead atoms. The van der Waals surface area contributed by atoms with E-state index in [1.54, 1.807) is 6.92 Å². The summed E-state index contributed by atoms with van der Waals surface area (Å²) in [7, 11) is 0. The highest BCUT2D eigenvalue weighted by Crippen LogP contribution is 2.35. The van der Waals surface area contributed by atoms with Crippen LogP contribution in [0.25, 0.3) is 5.69 Å². The molecule has 0 radical (unpaired) electrons. The lowest BCUT2D eigenvalue weighted by molar-refractivity contribution is -0.161. The zero-order valence-electron chi connectivity index (χ0n) is 20.8. The highest BCUT2D eigenvalue weighted by Gasteiger charge is 2.40. The fourth-order valence-electron chi connectivity index (χ4n) is 5.66. The molecule has 6 rings (SSSR count). The van der Waals surface area contributed by atoms with E-state index in [0.717, 1.165) is 35.7 Å². The molecule has 3 aromatic rings. The first-order chi connectivity index (χ1) is 18.1. The molecule has 3 aliphatic heterocycles. The summed E-state index contributed by atoms with van der Waals surface area (Å²) >= 11 is 6.35. The third-order valence-corrected chi connectivity index (χ3v) is 7.90. The van der Waals surface area contributed by atoms with Crippen molar-refractivity contribution in [2.75, 3.05) is 37.6 Å². The van der Waals surface area contributed by atoms with Crippen molar-refractivity contribution in [1.29, 1.82) is 0 Å². The zero-order valence-corrected chi connectivity index (χ0v) is 21.6. The second-order valence-electron chi connectivity index (χ2n) is 10.3. The van der Waals surface area contributed by atoms with Crippen LogP contribution in [-0.2, 0) is 13.1 Å². The summed E-state index contributed by atoms with van der Waals surface area (Å²) in [6.45, 7) is 3.93. The normalized spacial score (nSPS) is 19.7. The summed E-state index contributed by atoms with van der Waals surface area (Å²) < 4.78 is 54.2. The molecule has 2 saturated heterocycles. The molecule has 1 aromatic carbocycles. The molecule has 0 unspecified atom stereocenters. The number of hydrogen-bond acceptors (Lipinski definition) is 7. The van der Waals surface area contributed by atoms with E-state index >= 15 is 0 Å². The number of aryl methyl sites for hydroxylation is 1. The molecule has 202 valence electrons. The van der Waals surface area contributed by atoms with Gasteiger partial charge in [-0.25, -0.2) is 14.4 Å². The smallest absolute Gasteiger partial charge is 0.341 e. The summed E-state index contributed by atoms with van der Waals surface area (Å²) in [4.78, 5) is 14.1. The van der Waals surface area contributed by atoms with E-state index in [1.807, 2.05) is 18.2 Å². The van der Waals surface area contributed by atoms with Gasteiger partial charge in [-0.3, -0.25) is 14.4 Å². The maximum Gasteiger partial charge on any atom is 0.401 e. The fraction of sp³-hybridized carbons (Fsp3) is 0.520. The van der Waals surface area contributed by atoms with E-state index in [0.29, 0.717) is 55.9 Å². The van der Waals surface area contributed by atoms with Crippen molar-refractivity contribution < 1.29 is 17.6 Å². The van der Waals surface area contributed by atoms with Crippen molar-refractivity contribution in [3.05, 3.63) is 58.1 Å². The predicted molar refractivity (Wildman–Crippen MR) is 133 cm³/mol. The molecule has 0 N–H and O–H groups in total. The van der Waals surface area contributed by atoms with E-state index in [2.05, 4.69) is 34.5 Å². The van der Waals surface area contributed by atoms with Crippen LogP contribution in [0.1, 0.15) is 41.7 Å². The minimum atomic E-state index is -4.20. The van der Waals surface area contributed by atoms with E-state index in [-0.39, 0.29) is 12.0 Å². The fourth-order valence-corrected chi connectivity index (χ4v) is 5.85. The second kappa shape index (κ2) is 9.73. The third kappa shape index (κ3) is 4.96. The Morgan fingerprint density at radius 1 is 1.08 bits per heavy atom. The lowest BCUT2D eigenvalue weighted by Gasteiger charge is -2.45. The number of anilines is 1. The van der Waals surface area contributed by atoms with Crippen LogP contribution in [0.2, 0.25) is 5.02 Å². The van der Waals surface area contributed by atoms with Gasteiger partial charge in [-0.05, 0) is 43.5 Å². The SMILES string of the molecule is Cc1nc(N2CCC(c3nnc4n3-c3ccc(Cl)cc3CN(C3CN(CC(F)(F)F)C3)C4)CC2)ncc1F. The van der Waals surface area contributed by atoms with Gasteiger partial charge in [0.2, 0.25) is 5.95 Å². The van der Waals surface area contributed by atoms with Gasteiger partial charge in [0.05, 0.1) is 30.7 Å². The molecule has 3 aliphatic rings. The first-order valence-corrected chi connectivity index (χ1v) is 13.0. The molecule has 0 atom stereocenters. The van der Waals surface area contributed by atoms with Crippen molar-refractivity contribution in [3.8, 4) is 5.69 Å². The first-order valence-electron chi connectivity index (χ1n) is 12.6. The van der Waals surface area contributed by atoms with Crippen LogP contribution in [0.4, 0.5) is 23.5 Å². The van der Waals surface area contributed by atoms with Gasteiger partial charge in [0.1, 0.15) is 5.82 Å². The molecule has 38 heavy (non-hydrogen) atoms. The highest BCUT2D eigenvalue weighted by atomic mass is 35.5. The quantitative estimate of drug-likeness (QED) is 0.453. The van der Waals surface area contributed by atoms with Crippen LogP contribution in [0, 0.1) is 12.7 Å². The van der Waals surface area contributed by atoms with Crippen molar-refractivity contribution in [2.24, 2.45) is 0 Å². The van der Waals surface area contributed by atoms with Gasteiger partial charge in [0.15, 0.2) is 11.6 Å². The lowest BCUT2D eigenvalue weighted by atomic mass is 9.95. The van der Waals surface area contributed by atoms with Crippen molar-refractivity contribution >= 4 is 17.5 Å². The summed E-state index contributed by atoms with van der Waals surface area (Å²) in [5.74, 6) is 1.90. The maximum absolute atomic E-state index is 13.6. The van der Waals surface area contributed by atoms with Crippen LogP contribution >= 0.6 is 11.6 Å². The lowest BCUT2D eigenvalue weighted by Crippen LogP contribution is -2.60. The molecular weight excluding hydrogens is 524 g/mol. The van der Waals surface area contributed by atoms with Gasteiger partial charge >= 0.3 is 6.18 Å². The molecule has 0 saturated carbocycles. The summed E-state index contributed by atoms with van der Waals surface area (Å²) in [6.07, 6.45) is -1.38. The van der Waals surface area contributed by atoms with Crippen LogP contribution < -0.4 is 4.90 Å². The zero-order chi connectivity index (χ0) is 26.6.